The number of aromatic nitrogens is 1. The van der Waals surface area contributed by atoms with Gasteiger partial charge in [-0.05, 0) is 19.4 Å². The van der Waals surface area contributed by atoms with Crippen molar-refractivity contribution in [1.82, 2.24) is 10.3 Å². The highest BCUT2D eigenvalue weighted by Crippen LogP contribution is 2.07. The van der Waals surface area contributed by atoms with Crippen molar-refractivity contribution < 1.29 is 9.15 Å². The number of hydrogen-bond donors (Lipinski definition) is 2. The standard InChI is InChI=1S/C12H23N3O2/c1-9(2)5-13-7-11-8-17-12(15-11)14-6-10(3)16-4/h8-10,13H,5-7H2,1-4H3,(H,14,15). The summed E-state index contributed by atoms with van der Waals surface area (Å²) in [5.41, 5.74) is 0.915. The first-order chi connectivity index (χ1) is 8.11. The highest BCUT2D eigenvalue weighted by molar-refractivity contribution is 5.21. The van der Waals surface area contributed by atoms with Crippen molar-refractivity contribution in [3.05, 3.63) is 12.0 Å². The zero-order chi connectivity index (χ0) is 12.7. The fraction of sp³-hybridized carbons (Fsp3) is 0.750. The lowest BCUT2D eigenvalue weighted by Gasteiger charge is -2.08. The summed E-state index contributed by atoms with van der Waals surface area (Å²) in [6.45, 7) is 8.75. The topological polar surface area (TPSA) is 59.3 Å². The molecular weight excluding hydrogens is 218 g/mol. The molecule has 5 nitrogen and oxygen atoms in total. The number of ether oxygens (including phenoxy) is 1. The van der Waals surface area contributed by atoms with Crippen molar-refractivity contribution >= 4 is 6.01 Å². The highest BCUT2D eigenvalue weighted by atomic mass is 16.5. The minimum Gasteiger partial charge on any atom is -0.432 e. The number of methoxy groups -OCH3 is 1. The van der Waals surface area contributed by atoms with Gasteiger partial charge in [-0.2, -0.15) is 4.98 Å². The van der Waals surface area contributed by atoms with E-state index in [2.05, 4.69) is 29.5 Å². The van der Waals surface area contributed by atoms with E-state index < -0.39 is 0 Å². The largest absolute Gasteiger partial charge is 0.432 e. The summed E-state index contributed by atoms with van der Waals surface area (Å²) < 4.78 is 10.4. The molecule has 1 atom stereocenters. The SMILES string of the molecule is COC(C)CNc1nc(CNCC(C)C)co1. The van der Waals surface area contributed by atoms with E-state index in [1.54, 1.807) is 13.4 Å². The van der Waals surface area contributed by atoms with Crippen LogP contribution in [-0.4, -0.2) is 31.3 Å². The van der Waals surface area contributed by atoms with Crippen LogP contribution in [0.1, 0.15) is 26.5 Å². The zero-order valence-electron chi connectivity index (χ0n) is 11.1. The molecule has 0 aliphatic carbocycles. The summed E-state index contributed by atoms with van der Waals surface area (Å²) in [4.78, 5) is 4.32. The molecule has 1 aromatic rings. The highest BCUT2D eigenvalue weighted by Gasteiger charge is 2.05. The number of nitrogens with zero attached hydrogens (tertiary/aromatic N) is 1. The van der Waals surface area contributed by atoms with Crippen LogP contribution in [-0.2, 0) is 11.3 Å². The molecule has 0 aliphatic heterocycles. The molecular formula is C12H23N3O2. The number of anilines is 1. The van der Waals surface area contributed by atoms with Gasteiger partial charge in [0.05, 0.1) is 11.8 Å². The van der Waals surface area contributed by atoms with Gasteiger partial charge in [-0.3, -0.25) is 0 Å². The number of oxazole rings is 1. The number of hydrogen-bond acceptors (Lipinski definition) is 5. The third kappa shape index (κ3) is 5.70. The molecule has 1 heterocycles. The Bertz CT molecular complexity index is 312. The van der Waals surface area contributed by atoms with E-state index in [4.69, 9.17) is 9.15 Å². The zero-order valence-corrected chi connectivity index (χ0v) is 11.1. The van der Waals surface area contributed by atoms with E-state index >= 15 is 0 Å². The van der Waals surface area contributed by atoms with E-state index in [-0.39, 0.29) is 6.10 Å². The second-order valence-electron chi connectivity index (χ2n) is 4.60. The Morgan fingerprint density at radius 2 is 2.12 bits per heavy atom. The smallest absolute Gasteiger partial charge is 0.294 e. The fourth-order valence-corrected chi connectivity index (χ4v) is 1.27. The maximum absolute atomic E-state index is 5.30. The fourth-order valence-electron chi connectivity index (χ4n) is 1.27. The first kappa shape index (κ1) is 14.0. The van der Waals surface area contributed by atoms with Crippen LogP contribution in [0.3, 0.4) is 0 Å². The molecule has 98 valence electrons. The van der Waals surface area contributed by atoms with Gasteiger partial charge in [-0.1, -0.05) is 13.8 Å². The van der Waals surface area contributed by atoms with Gasteiger partial charge in [0.1, 0.15) is 6.26 Å². The summed E-state index contributed by atoms with van der Waals surface area (Å²) in [5, 5.41) is 6.40. The van der Waals surface area contributed by atoms with Crippen molar-refractivity contribution in [3.8, 4) is 0 Å². The maximum atomic E-state index is 5.30. The summed E-state index contributed by atoms with van der Waals surface area (Å²) in [6, 6.07) is 0.551. The lowest BCUT2D eigenvalue weighted by molar-refractivity contribution is 0.128. The van der Waals surface area contributed by atoms with Gasteiger partial charge in [-0.25, -0.2) is 0 Å². The Morgan fingerprint density at radius 1 is 1.35 bits per heavy atom. The minimum absolute atomic E-state index is 0.143. The van der Waals surface area contributed by atoms with Crippen molar-refractivity contribution in [2.45, 2.75) is 33.4 Å². The quantitative estimate of drug-likeness (QED) is 0.727. The maximum Gasteiger partial charge on any atom is 0.294 e. The van der Waals surface area contributed by atoms with Gasteiger partial charge in [-0.15, -0.1) is 0 Å². The Balaban J connectivity index is 2.27. The predicted molar refractivity (Wildman–Crippen MR) is 68.0 cm³/mol. The molecule has 0 saturated carbocycles. The summed E-state index contributed by atoms with van der Waals surface area (Å²) >= 11 is 0. The average molecular weight is 241 g/mol. The molecule has 0 saturated heterocycles. The Labute approximate surface area is 103 Å². The monoisotopic (exact) mass is 241 g/mol. The van der Waals surface area contributed by atoms with Gasteiger partial charge in [0.15, 0.2) is 0 Å². The second kappa shape index (κ2) is 7.29. The average Bonchev–Trinajstić information content (AvgIpc) is 2.73. The molecule has 0 radical (unpaired) electrons. The lowest BCUT2D eigenvalue weighted by atomic mass is 10.2. The summed E-state index contributed by atoms with van der Waals surface area (Å²) in [7, 11) is 1.68. The molecule has 17 heavy (non-hydrogen) atoms. The van der Waals surface area contributed by atoms with Gasteiger partial charge in [0.25, 0.3) is 6.01 Å². The van der Waals surface area contributed by atoms with Crippen molar-refractivity contribution in [2.24, 2.45) is 5.92 Å². The van der Waals surface area contributed by atoms with E-state index in [0.717, 1.165) is 18.8 Å². The minimum atomic E-state index is 0.143. The van der Waals surface area contributed by atoms with E-state index in [1.807, 2.05) is 6.92 Å². The van der Waals surface area contributed by atoms with Gasteiger partial charge >= 0.3 is 0 Å². The van der Waals surface area contributed by atoms with Gasteiger partial charge in [0.2, 0.25) is 0 Å². The molecule has 5 heteroatoms. The second-order valence-corrected chi connectivity index (χ2v) is 4.60. The lowest BCUT2D eigenvalue weighted by Crippen LogP contribution is -2.19. The third-order valence-electron chi connectivity index (χ3n) is 2.35. The van der Waals surface area contributed by atoms with Crippen LogP contribution in [0.25, 0.3) is 0 Å². The van der Waals surface area contributed by atoms with Crippen LogP contribution in [0.15, 0.2) is 10.7 Å². The van der Waals surface area contributed by atoms with E-state index in [0.29, 0.717) is 18.5 Å². The van der Waals surface area contributed by atoms with Crippen LogP contribution >= 0.6 is 0 Å². The summed E-state index contributed by atoms with van der Waals surface area (Å²) in [6.07, 6.45) is 1.82. The predicted octanol–water partition coefficient (Wildman–Crippen LogP) is 1.87. The number of nitrogens with one attached hydrogen (secondary N) is 2. The van der Waals surface area contributed by atoms with Crippen LogP contribution in [0.4, 0.5) is 6.01 Å². The molecule has 2 N–H and O–H groups in total. The molecule has 0 bridgehead atoms. The van der Waals surface area contributed by atoms with Crippen LogP contribution in [0, 0.1) is 5.92 Å². The van der Waals surface area contributed by atoms with Crippen LogP contribution < -0.4 is 10.6 Å². The van der Waals surface area contributed by atoms with Crippen molar-refractivity contribution in [3.63, 3.8) is 0 Å². The van der Waals surface area contributed by atoms with Crippen molar-refractivity contribution in [1.29, 1.82) is 0 Å². The van der Waals surface area contributed by atoms with Crippen LogP contribution in [0.5, 0.6) is 0 Å². The van der Waals surface area contributed by atoms with Crippen molar-refractivity contribution in [2.75, 3.05) is 25.5 Å². The molecule has 0 fully saturated rings. The molecule has 0 aliphatic rings. The molecule has 1 aromatic heterocycles. The third-order valence-corrected chi connectivity index (χ3v) is 2.35. The van der Waals surface area contributed by atoms with E-state index in [9.17, 15) is 0 Å². The van der Waals surface area contributed by atoms with Gasteiger partial charge in [0, 0.05) is 20.2 Å². The van der Waals surface area contributed by atoms with Crippen LogP contribution in [0.2, 0.25) is 0 Å². The molecule has 0 spiro atoms. The number of rotatable bonds is 8. The Morgan fingerprint density at radius 3 is 2.76 bits per heavy atom. The first-order valence-corrected chi connectivity index (χ1v) is 6.03. The molecule has 1 unspecified atom stereocenters. The molecule has 0 amide bonds. The first-order valence-electron chi connectivity index (χ1n) is 6.03. The summed E-state index contributed by atoms with van der Waals surface area (Å²) in [5.74, 6) is 0.641. The normalized spacial score (nSPS) is 13.0. The van der Waals surface area contributed by atoms with E-state index in [1.165, 1.54) is 0 Å². The molecule has 0 aromatic carbocycles. The molecule has 1 rings (SSSR count). The Hall–Kier alpha value is -1.07. The Kier molecular flexibility index (Phi) is 6.00. The van der Waals surface area contributed by atoms with Gasteiger partial charge < -0.3 is 19.8 Å².